The van der Waals surface area contributed by atoms with E-state index in [9.17, 15) is 4.79 Å². The third kappa shape index (κ3) is 2.98. The minimum atomic E-state index is -0.319. The monoisotopic (exact) mass is 240 g/mol. The lowest BCUT2D eigenvalue weighted by atomic mass is 10.1. The van der Waals surface area contributed by atoms with Crippen molar-refractivity contribution >= 4 is 5.97 Å². The predicted molar refractivity (Wildman–Crippen MR) is 72.1 cm³/mol. The first-order valence-corrected chi connectivity index (χ1v) is 5.92. The van der Waals surface area contributed by atoms with Gasteiger partial charge in [-0.2, -0.15) is 0 Å². The standard InChI is InChI=1S/C16H16O2/c1-11-4-6-14(7-5-11)16(17)18-15-9-12(2)8-13(3)10-15/h4-10H,1-3H3. The average Bonchev–Trinajstić information content (AvgIpc) is 2.28. The van der Waals surface area contributed by atoms with E-state index in [0.29, 0.717) is 11.3 Å². The lowest BCUT2D eigenvalue weighted by Crippen LogP contribution is -2.08. The predicted octanol–water partition coefficient (Wildman–Crippen LogP) is 3.83. The molecule has 2 aromatic carbocycles. The molecular weight excluding hydrogens is 224 g/mol. The Morgan fingerprint density at radius 1 is 0.833 bits per heavy atom. The van der Waals surface area contributed by atoms with Crippen molar-refractivity contribution in [1.29, 1.82) is 0 Å². The zero-order valence-electron chi connectivity index (χ0n) is 10.9. The molecular formula is C16H16O2. The molecule has 2 rings (SSSR count). The van der Waals surface area contributed by atoms with Crippen LogP contribution in [0.5, 0.6) is 5.75 Å². The summed E-state index contributed by atoms with van der Waals surface area (Å²) in [5, 5.41) is 0. The normalized spacial score (nSPS) is 10.2. The van der Waals surface area contributed by atoms with E-state index in [1.54, 1.807) is 12.1 Å². The second kappa shape index (κ2) is 5.05. The van der Waals surface area contributed by atoms with Crippen LogP contribution in [0.4, 0.5) is 0 Å². The van der Waals surface area contributed by atoms with Gasteiger partial charge in [0.15, 0.2) is 0 Å². The zero-order chi connectivity index (χ0) is 13.1. The first-order valence-electron chi connectivity index (χ1n) is 5.92. The number of ether oxygens (including phenoxy) is 1. The highest BCUT2D eigenvalue weighted by atomic mass is 16.5. The summed E-state index contributed by atoms with van der Waals surface area (Å²) in [5.41, 5.74) is 3.86. The minimum absolute atomic E-state index is 0.319. The molecule has 0 radical (unpaired) electrons. The van der Waals surface area contributed by atoms with Crippen molar-refractivity contribution in [3.63, 3.8) is 0 Å². The van der Waals surface area contributed by atoms with Crippen LogP contribution in [0.25, 0.3) is 0 Å². The molecule has 18 heavy (non-hydrogen) atoms. The average molecular weight is 240 g/mol. The summed E-state index contributed by atoms with van der Waals surface area (Å²) in [6.45, 7) is 5.95. The molecule has 2 aromatic rings. The Balaban J connectivity index is 2.18. The summed E-state index contributed by atoms with van der Waals surface area (Å²) in [7, 11) is 0. The van der Waals surface area contributed by atoms with Gasteiger partial charge in [-0.3, -0.25) is 0 Å². The molecule has 0 atom stereocenters. The Bertz CT molecular complexity index is 548. The summed E-state index contributed by atoms with van der Waals surface area (Å²) >= 11 is 0. The zero-order valence-corrected chi connectivity index (χ0v) is 10.9. The molecule has 0 aromatic heterocycles. The third-order valence-electron chi connectivity index (χ3n) is 2.69. The molecule has 0 bridgehead atoms. The number of hydrogen-bond acceptors (Lipinski definition) is 2. The molecule has 0 aliphatic carbocycles. The highest BCUT2D eigenvalue weighted by molar-refractivity contribution is 5.91. The first-order chi connectivity index (χ1) is 8.54. The van der Waals surface area contributed by atoms with E-state index in [2.05, 4.69) is 0 Å². The van der Waals surface area contributed by atoms with Crippen LogP contribution in [0.1, 0.15) is 27.0 Å². The van der Waals surface area contributed by atoms with Crippen molar-refractivity contribution in [2.45, 2.75) is 20.8 Å². The number of carbonyl (C=O) groups excluding carboxylic acids is 1. The summed E-state index contributed by atoms with van der Waals surface area (Å²) in [4.78, 5) is 11.9. The Hall–Kier alpha value is -2.09. The van der Waals surface area contributed by atoms with Gasteiger partial charge < -0.3 is 4.74 Å². The molecule has 0 spiro atoms. The van der Waals surface area contributed by atoms with Gasteiger partial charge in [0.2, 0.25) is 0 Å². The van der Waals surface area contributed by atoms with Gasteiger partial charge in [0.05, 0.1) is 5.56 Å². The van der Waals surface area contributed by atoms with Crippen molar-refractivity contribution in [1.82, 2.24) is 0 Å². The maximum Gasteiger partial charge on any atom is 0.343 e. The van der Waals surface area contributed by atoms with Gasteiger partial charge in [-0.05, 0) is 56.2 Å². The Morgan fingerprint density at radius 2 is 1.39 bits per heavy atom. The maximum absolute atomic E-state index is 11.9. The lowest BCUT2D eigenvalue weighted by molar-refractivity contribution is 0.0734. The molecule has 0 amide bonds. The largest absolute Gasteiger partial charge is 0.423 e. The fourth-order valence-electron chi connectivity index (χ4n) is 1.85. The molecule has 2 heteroatoms. The Labute approximate surface area is 107 Å². The quantitative estimate of drug-likeness (QED) is 0.589. The summed E-state index contributed by atoms with van der Waals surface area (Å²) in [6, 6.07) is 13.1. The van der Waals surface area contributed by atoms with Gasteiger partial charge in [0, 0.05) is 0 Å². The van der Waals surface area contributed by atoms with E-state index >= 15 is 0 Å². The van der Waals surface area contributed by atoms with Crippen molar-refractivity contribution in [2.24, 2.45) is 0 Å². The van der Waals surface area contributed by atoms with Crippen LogP contribution >= 0.6 is 0 Å². The topological polar surface area (TPSA) is 26.3 Å². The van der Waals surface area contributed by atoms with Crippen LogP contribution in [-0.2, 0) is 0 Å². The van der Waals surface area contributed by atoms with E-state index in [0.717, 1.165) is 16.7 Å². The molecule has 0 aliphatic heterocycles. The highest BCUT2D eigenvalue weighted by Crippen LogP contribution is 2.17. The molecule has 2 nitrogen and oxygen atoms in total. The van der Waals surface area contributed by atoms with Gasteiger partial charge in [-0.15, -0.1) is 0 Å². The molecule has 0 fully saturated rings. The number of rotatable bonds is 2. The fourth-order valence-corrected chi connectivity index (χ4v) is 1.85. The number of benzene rings is 2. The van der Waals surface area contributed by atoms with Crippen LogP contribution in [0.2, 0.25) is 0 Å². The summed E-state index contributed by atoms with van der Waals surface area (Å²) in [6.07, 6.45) is 0. The van der Waals surface area contributed by atoms with Gasteiger partial charge in [-0.25, -0.2) is 4.79 Å². The Kier molecular flexibility index (Phi) is 3.47. The van der Waals surface area contributed by atoms with Crippen molar-refractivity contribution in [2.75, 3.05) is 0 Å². The van der Waals surface area contributed by atoms with Crippen LogP contribution in [0, 0.1) is 20.8 Å². The maximum atomic E-state index is 11.9. The van der Waals surface area contributed by atoms with Crippen LogP contribution in [0.15, 0.2) is 42.5 Å². The summed E-state index contributed by atoms with van der Waals surface area (Å²) in [5.74, 6) is 0.276. The second-order valence-electron chi connectivity index (χ2n) is 4.58. The minimum Gasteiger partial charge on any atom is -0.423 e. The molecule has 0 saturated carbocycles. The number of carbonyl (C=O) groups is 1. The van der Waals surface area contributed by atoms with Crippen molar-refractivity contribution in [3.05, 3.63) is 64.7 Å². The SMILES string of the molecule is Cc1ccc(C(=O)Oc2cc(C)cc(C)c2)cc1. The number of hydrogen-bond donors (Lipinski definition) is 0. The van der Waals surface area contributed by atoms with Gasteiger partial charge >= 0.3 is 5.97 Å². The lowest BCUT2D eigenvalue weighted by Gasteiger charge is -2.06. The van der Waals surface area contributed by atoms with Crippen molar-refractivity contribution < 1.29 is 9.53 Å². The van der Waals surface area contributed by atoms with E-state index in [-0.39, 0.29) is 5.97 Å². The highest BCUT2D eigenvalue weighted by Gasteiger charge is 2.08. The first kappa shape index (κ1) is 12.4. The fraction of sp³-hybridized carbons (Fsp3) is 0.188. The number of aryl methyl sites for hydroxylation is 3. The summed E-state index contributed by atoms with van der Waals surface area (Å²) < 4.78 is 5.36. The van der Waals surface area contributed by atoms with E-state index < -0.39 is 0 Å². The molecule has 0 aliphatic rings. The van der Waals surface area contributed by atoms with Crippen LogP contribution in [-0.4, -0.2) is 5.97 Å². The Morgan fingerprint density at radius 3 is 1.94 bits per heavy atom. The second-order valence-corrected chi connectivity index (χ2v) is 4.58. The van der Waals surface area contributed by atoms with Gasteiger partial charge in [0.1, 0.15) is 5.75 Å². The van der Waals surface area contributed by atoms with Gasteiger partial charge in [-0.1, -0.05) is 23.8 Å². The van der Waals surface area contributed by atoms with E-state index in [1.807, 2.05) is 51.1 Å². The van der Waals surface area contributed by atoms with Crippen molar-refractivity contribution in [3.8, 4) is 5.75 Å². The van der Waals surface area contributed by atoms with Crippen LogP contribution in [0.3, 0.4) is 0 Å². The molecule has 0 heterocycles. The molecule has 92 valence electrons. The molecule has 0 unspecified atom stereocenters. The molecule has 0 N–H and O–H groups in total. The van der Waals surface area contributed by atoms with Crippen LogP contribution < -0.4 is 4.74 Å². The van der Waals surface area contributed by atoms with E-state index in [1.165, 1.54) is 0 Å². The smallest absolute Gasteiger partial charge is 0.343 e. The molecule has 0 saturated heterocycles. The van der Waals surface area contributed by atoms with E-state index in [4.69, 9.17) is 4.74 Å². The number of esters is 1. The third-order valence-corrected chi connectivity index (χ3v) is 2.69. The van der Waals surface area contributed by atoms with Gasteiger partial charge in [0.25, 0.3) is 0 Å².